The average molecular weight is 427 g/mol. The number of hydrogen-bond donors (Lipinski definition) is 2. The van der Waals surface area contributed by atoms with Crippen LogP contribution < -0.4 is 5.32 Å². The Morgan fingerprint density at radius 1 is 0.969 bits per heavy atom. The lowest BCUT2D eigenvalue weighted by Crippen LogP contribution is -2.34. The van der Waals surface area contributed by atoms with E-state index >= 15 is 0 Å². The second-order valence-electron chi connectivity index (χ2n) is 7.03. The molecule has 1 aliphatic heterocycles. The molecule has 2 amide bonds. The Bertz CT molecular complexity index is 1360. The highest BCUT2D eigenvalue weighted by atomic mass is 16.3. The monoisotopic (exact) mass is 427 g/mol. The number of imide groups is 1. The number of aliphatic hydroxyl groups excluding tert-OH is 1. The number of pyridine rings is 1. The van der Waals surface area contributed by atoms with Crippen LogP contribution in [0, 0.1) is 0 Å². The molecule has 0 atom stereocenters. The molecule has 0 radical (unpaired) electrons. The van der Waals surface area contributed by atoms with Gasteiger partial charge in [-0.15, -0.1) is 10.2 Å². The maximum Gasteiger partial charge on any atom is 0.277 e. The molecule has 0 fully saturated rings. The van der Waals surface area contributed by atoms with Crippen molar-refractivity contribution in [1.82, 2.24) is 29.7 Å². The van der Waals surface area contributed by atoms with Crippen LogP contribution >= 0.6 is 0 Å². The Hall–Kier alpha value is -4.44. The Labute approximate surface area is 181 Å². The van der Waals surface area contributed by atoms with Gasteiger partial charge >= 0.3 is 0 Å². The van der Waals surface area contributed by atoms with Crippen LogP contribution in [0.5, 0.6) is 0 Å². The SMILES string of the molecule is O=C1C=C(Nc2cccc(-c3ccc4nnc(-c5ccncc5)n4n3)c2)C(=O)N1CCO. The third-order valence-electron chi connectivity index (χ3n) is 4.97. The van der Waals surface area contributed by atoms with Crippen molar-refractivity contribution in [3.05, 3.63) is 72.7 Å². The molecule has 2 N–H and O–H groups in total. The van der Waals surface area contributed by atoms with Crippen LogP contribution in [-0.4, -0.2) is 59.8 Å². The van der Waals surface area contributed by atoms with Crippen molar-refractivity contribution in [2.45, 2.75) is 0 Å². The molecule has 158 valence electrons. The number of amides is 2. The summed E-state index contributed by atoms with van der Waals surface area (Å²) in [6, 6.07) is 14.7. The Morgan fingerprint density at radius 3 is 2.62 bits per heavy atom. The second kappa shape index (κ2) is 8.00. The number of hydrogen-bond acceptors (Lipinski definition) is 8. The van der Waals surface area contributed by atoms with E-state index in [1.165, 1.54) is 6.08 Å². The number of rotatable bonds is 6. The molecule has 0 spiro atoms. The van der Waals surface area contributed by atoms with Crippen LogP contribution in [0.2, 0.25) is 0 Å². The van der Waals surface area contributed by atoms with Gasteiger partial charge in [0, 0.05) is 35.3 Å². The van der Waals surface area contributed by atoms with Gasteiger partial charge in [-0.25, -0.2) is 0 Å². The standard InChI is InChI=1S/C22H17N7O3/c30-11-10-28-20(31)13-18(22(28)32)24-16-3-1-2-15(12-16)17-4-5-19-25-26-21(29(19)27-17)14-6-8-23-9-7-14/h1-9,12-13,24,30H,10-11H2. The largest absolute Gasteiger partial charge is 0.395 e. The van der Waals surface area contributed by atoms with Crippen LogP contribution in [-0.2, 0) is 9.59 Å². The van der Waals surface area contributed by atoms with Gasteiger partial charge in [-0.2, -0.15) is 9.61 Å². The maximum atomic E-state index is 12.4. The van der Waals surface area contributed by atoms with Crippen molar-refractivity contribution < 1.29 is 14.7 Å². The molecule has 1 aliphatic rings. The molecule has 4 heterocycles. The summed E-state index contributed by atoms with van der Waals surface area (Å²) in [5.41, 5.74) is 3.72. The van der Waals surface area contributed by atoms with E-state index in [9.17, 15) is 9.59 Å². The summed E-state index contributed by atoms with van der Waals surface area (Å²) >= 11 is 0. The van der Waals surface area contributed by atoms with Crippen LogP contribution in [0.4, 0.5) is 5.69 Å². The molecule has 0 bridgehead atoms. The number of carbonyl (C=O) groups excluding carboxylic acids is 2. The number of benzene rings is 1. The fraction of sp³-hybridized carbons (Fsp3) is 0.0909. The third kappa shape index (κ3) is 3.48. The van der Waals surface area contributed by atoms with Crippen molar-refractivity contribution >= 4 is 23.1 Å². The minimum Gasteiger partial charge on any atom is -0.395 e. The summed E-state index contributed by atoms with van der Waals surface area (Å²) in [6.07, 6.45) is 4.59. The quantitative estimate of drug-likeness (QED) is 0.444. The maximum absolute atomic E-state index is 12.4. The smallest absolute Gasteiger partial charge is 0.277 e. The van der Waals surface area contributed by atoms with Crippen molar-refractivity contribution in [3.8, 4) is 22.6 Å². The number of carbonyl (C=O) groups is 2. The molecule has 0 unspecified atom stereocenters. The average Bonchev–Trinajstić information content (AvgIpc) is 3.36. The lowest BCUT2D eigenvalue weighted by Gasteiger charge is -2.13. The molecule has 32 heavy (non-hydrogen) atoms. The lowest BCUT2D eigenvalue weighted by molar-refractivity contribution is -0.137. The number of aliphatic hydroxyl groups is 1. The van der Waals surface area contributed by atoms with Crippen molar-refractivity contribution in [3.63, 3.8) is 0 Å². The van der Waals surface area contributed by atoms with Gasteiger partial charge in [-0.3, -0.25) is 19.5 Å². The van der Waals surface area contributed by atoms with Crippen LogP contribution in [0.25, 0.3) is 28.3 Å². The first-order chi connectivity index (χ1) is 15.6. The zero-order valence-electron chi connectivity index (χ0n) is 16.7. The highest BCUT2D eigenvalue weighted by molar-refractivity contribution is 6.17. The first-order valence-electron chi connectivity index (χ1n) is 9.83. The minimum absolute atomic E-state index is 0.0396. The van der Waals surface area contributed by atoms with Crippen molar-refractivity contribution in [2.75, 3.05) is 18.5 Å². The number of nitrogens with zero attached hydrogens (tertiary/aromatic N) is 6. The second-order valence-corrected chi connectivity index (χ2v) is 7.03. The summed E-state index contributed by atoms with van der Waals surface area (Å²) in [5, 5.41) is 25.1. The van der Waals surface area contributed by atoms with Gasteiger partial charge < -0.3 is 10.4 Å². The summed E-state index contributed by atoms with van der Waals surface area (Å²) in [5.74, 6) is -0.325. The lowest BCUT2D eigenvalue weighted by atomic mass is 10.1. The van der Waals surface area contributed by atoms with E-state index in [0.29, 0.717) is 22.9 Å². The van der Waals surface area contributed by atoms with E-state index in [1.54, 1.807) is 23.0 Å². The zero-order valence-corrected chi connectivity index (χ0v) is 16.7. The number of anilines is 1. The fourth-order valence-electron chi connectivity index (χ4n) is 3.45. The van der Waals surface area contributed by atoms with Gasteiger partial charge in [0.25, 0.3) is 11.8 Å². The summed E-state index contributed by atoms with van der Waals surface area (Å²) in [7, 11) is 0. The molecule has 10 nitrogen and oxygen atoms in total. The first kappa shape index (κ1) is 19.5. The minimum atomic E-state index is -0.472. The molecular formula is C22H17N7O3. The molecule has 10 heteroatoms. The van der Waals surface area contributed by atoms with Gasteiger partial charge in [0.05, 0.1) is 18.8 Å². The van der Waals surface area contributed by atoms with E-state index < -0.39 is 11.8 Å². The molecular weight excluding hydrogens is 410 g/mol. The Morgan fingerprint density at radius 2 is 1.81 bits per heavy atom. The van der Waals surface area contributed by atoms with E-state index in [2.05, 4.69) is 25.6 Å². The number of β-amino-alcohol motifs (C(OH)–C–C–N with tert-alkyl or cyclic N) is 1. The summed E-state index contributed by atoms with van der Waals surface area (Å²) in [4.78, 5) is 29.4. The van der Waals surface area contributed by atoms with Crippen molar-refractivity contribution in [2.24, 2.45) is 0 Å². The molecule has 4 aromatic rings. The molecule has 1 aromatic carbocycles. The van der Waals surface area contributed by atoms with Crippen molar-refractivity contribution in [1.29, 1.82) is 0 Å². The fourth-order valence-corrected chi connectivity index (χ4v) is 3.45. The van der Waals surface area contributed by atoms with E-state index in [0.717, 1.165) is 16.0 Å². The van der Waals surface area contributed by atoms with E-state index in [-0.39, 0.29) is 18.8 Å². The van der Waals surface area contributed by atoms with Crippen LogP contribution in [0.15, 0.2) is 72.7 Å². The van der Waals surface area contributed by atoms with E-state index in [4.69, 9.17) is 5.11 Å². The van der Waals surface area contributed by atoms with Gasteiger partial charge in [-0.05, 0) is 36.4 Å². The topological polar surface area (TPSA) is 126 Å². The Kier molecular flexibility index (Phi) is 4.88. The molecule has 5 rings (SSSR count). The Balaban J connectivity index is 1.45. The highest BCUT2D eigenvalue weighted by Crippen LogP contribution is 2.25. The van der Waals surface area contributed by atoms with Gasteiger partial charge in [0.1, 0.15) is 5.70 Å². The number of nitrogens with one attached hydrogen (secondary N) is 1. The van der Waals surface area contributed by atoms with Gasteiger partial charge in [0.2, 0.25) is 0 Å². The number of aromatic nitrogens is 5. The zero-order chi connectivity index (χ0) is 22.1. The predicted molar refractivity (Wildman–Crippen MR) is 115 cm³/mol. The molecule has 0 saturated heterocycles. The molecule has 3 aromatic heterocycles. The molecule has 0 saturated carbocycles. The molecule has 0 aliphatic carbocycles. The van der Waals surface area contributed by atoms with Gasteiger partial charge in [-0.1, -0.05) is 12.1 Å². The van der Waals surface area contributed by atoms with Gasteiger partial charge in [0.15, 0.2) is 11.5 Å². The highest BCUT2D eigenvalue weighted by Gasteiger charge is 2.30. The van der Waals surface area contributed by atoms with Crippen LogP contribution in [0.3, 0.4) is 0 Å². The number of fused-ring (bicyclic) bond motifs is 1. The van der Waals surface area contributed by atoms with E-state index in [1.807, 2.05) is 42.5 Å². The van der Waals surface area contributed by atoms with Crippen LogP contribution in [0.1, 0.15) is 0 Å². The third-order valence-corrected chi connectivity index (χ3v) is 4.97. The summed E-state index contributed by atoms with van der Waals surface area (Å²) < 4.78 is 1.67. The summed E-state index contributed by atoms with van der Waals surface area (Å²) in [6.45, 7) is -0.325. The first-order valence-corrected chi connectivity index (χ1v) is 9.83. The predicted octanol–water partition coefficient (Wildman–Crippen LogP) is 1.51. The normalized spacial score (nSPS) is 13.7.